The number of aryl methyl sites for hydroxylation is 2. The van der Waals surface area contributed by atoms with E-state index >= 15 is 0 Å². The zero-order valence-corrected chi connectivity index (χ0v) is 12.3. The second-order valence-corrected chi connectivity index (χ2v) is 4.91. The van der Waals surface area contributed by atoms with E-state index in [0.717, 1.165) is 16.8 Å². The molecule has 0 bridgehead atoms. The van der Waals surface area contributed by atoms with Crippen molar-refractivity contribution in [2.24, 2.45) is 0 Å². The predicted molar refractivity (Wildman–Crippen MR) is 83.1 cm³/mol. The number of benzene rings is 2. The molecule has 1 amide bonds. The van der Waals surface area contributed by atoms with E-state index < -0.39 is 4.92 Å². The largest absolute Gasteiger partial charge is 0.484 e. The van der Waals surface area contributed by atoms with Gasteiger partial charge < -0.3 is 10.1 Å². The third-order valence-electron chi connectivity index (χ3n) is 3.07. The summed E-state index contributed by atoms with van der Waals surface area (Å²) in [7, 11) is 0. The molecule has 2 rings (SSSR count). The van der Waals surface area contributed by atoms with Crippen molar-refractivity contribution in [3.8, 4) is 5.75 Å². The van der Waals surface area contributed by atoms with Gasteiger partial charge in [-0.3, -0.25) is 14.9 Å². The van der Waals surface area contributed by atoms with Crippen LogP contribution < -0.4 is 10.1 Å². The van der Waals surface area contributed by atoms with Gasteiger partial charge in [-0.25, -0.2) is 0 Å². The summed E-state index contributed by atoms with van der Waals surface area (Å²) < 4.78 is 5.28. The highest BCUT2D eigenvalue weighted by atomic mass is 16.6. The van der Waals surface area contributed by atoms with E-state index in [0.29, 0.717) is 0 Å². The topological polar surface area (TPSA) is 81.5 Å². The molecule has 2 aromatic rings. The molecule has 0 saturated heterocycles. The number of anilines is 1. The molecule has 0 spiro atoms. The molecule has 6 heteroatoms. The fraction of sp³-hybridized carbons (Fsp3) is 0.188. The van der Waals surface area contributed by atoms with E-state index in [4.69, 9.17) is 4.74 Å². The van der Waals surface area contributed by atoms with Gasteiger partial charge in [0.2, 0.25) is 0 Å². The normalized spacial score (nSPS) is 10.1. The number of rotatable bonds is 5. The van der Waals surface area contributed by atoms with Crippen molar-refractivity contribution in [1.82, 2.24) is 0 Å². The molecule has 0 heterocycles. The van der Waals surface area contributed by atoms with Gasteiger partial charge in [0.25, 0.3) is 11.6 Å². The van der Waals surface area contributed by atoms with Crippen LogP contribution in [0.25, 0.3) is 0 Å². The van der Waals surface area contributed by atoms with Crippen LogP contribution in [0.4, 0.5) is 11.4 Å². The molecule has 0 aliphatic heterocycles. The number of nitrogens with zero attached hydrogens (tertiary/aromatic N) is 1. The number of ether oxygens (including phenoxy) is 1. The van der Waals surface area contributed by atoms with Crippen molar-refractivity contribution in [1.29, 1.82) is 0 Å². The second kappa shape index (κ2) is 6.71. The quantitative estimate of drug-likeness (QED) is 0.679. The van der Waals surface area contributed by atoms with Crippen LogP contribution >= 0.6 is 0 Å². The summed E-state index contributed by atoms with van der Waals surface area (Å²) in [5.41, 5.74) is 2.65. The van der Waals surface area contributed by atoms with Gasteiger partial charge in [-0.1, -0.05) is 18.2 Å². The fourth-order valence-electron chi connectivity index (χ4n) is 1.89. The molecule has 0 radical (unpaired) electrons. The van der Waals surface area contributed by atoms with Crippen LogP contribution in [0.15, 0.2) is 42.5 Å². The van der Waals surface area contributed by atoms with E-state index in [-0.39, 0.29) is 24.0 Å². The second-order valence-electron chi connectivity index (χ2n) is 4.91. The molecule has 0 aliphatic carbocycles. The number of carbonyl (C=O) groups excluding carboxylic acids is 1. The Hall–Kier alpha value is -2.89. The molecule has 22 heavy (non-hydrogen) atoms. The van der Waals surface area contributed by atoms with Crippen LogP contribution in [-0.2, 0) is 4.79 Å². The smallest absolute Gasteiger partial charge is 0.273 e. The number of nitrogens with one attached hydrogen (secondary N) is 1. The lowest BCUT2D eigenvalue weighted by Crippen LogP contribution is -2.20. The number of carbonyl (C=O) groups is 1. The number of amides is 1. The Morgan fingerprint density at radius 1 is 1.23 bits per heavy atom. The van der Waals surface area contributed by atoms with Gasteiger partial charge >= 0.3 is 0 Å². The first-order valence-electron chi connectivity index (χ1n) is 6.70. The number of nitro groups is 1. The number of non-ortho nitro benzene ring substituents is 1. The van der Waals surface area contributed by atoms with Crippen molar-refractivity contribution in [2.45, 2.75) is 13.8 Å². The van der Waals surface area contributed by atoms with Gasteiger partial charge in [-0.2, -0.15) is 0 Å². The first kappa shape index (κ1) is 15.5. The van der Waals surface area contributed by atoms with Crippen LogP contribution in [-0.4, -0.2) is 17.4 Å². The Morgan fingerprint density at radius 3 is 2.73 bits per heavy atom. The summed E-state index contributed by atoms with van der Waals surface area (Å²) in [6, 6.07) is 11.5. The summed E-state index contributed by atoms with van der Waals surface area (Å²) in [6.45, 7) is 3.62. The summed E-state index contributed by atoms with van der Waals surface area (Å²) in [5.74, 6) is -0.0366. The Morgan fingerprint density at radius 2 is 2.00 bits per heavy atom. The molecule has 0 atom stereocenters. The standard InChI is InChI=1S/C16H16N2O4/c1-11-6-7-12(2)15(8-11)17-16(19)10-22-14-5-3-4-13(9-14)18(20)21/h3-9H,10H2,1-2H3,(H,17,19). The van der Waals surface area contributed by atoms with E-state index in [1.54, 1.807) is 6.07 Å². The molecular formula is C16H16N2O4. The molecule has 1 N–H and O–H groups in total. The first-order valence-corrected chi connectivity index (χ1v) is 6.70. The SMILES string of the molecule is Cc1ccc(C)c(NC(=O)COc2cccc([N+](=O)[O-])c2)c1. The van der Waals surface area contributed by atoms with Crippen LogP contribution in [0.2, 0.25) is 0 Å². The van der Waals surface area contributed by atoms with E-state index in [1.807, 2.05) is 32.0 Å². The van der Waals surface area contributed by atoms with E-state index in [1.165, 1.54) is 18.2 Å². The maximum Gasteiger partial charge on any atom is 0.273 e. The van der Waals surface area contributed by atoms with Gasteiger partial charge in [0.05, 0.1) is 11.0 Å². The summed E-state index contributed by atoms with van der Waals surface area (Å²) in [5, 5.41) is 13.4. The number of hydrogen-bond donors (Lipinski definition) is 1. The summed E-state index contributed by atoms with van der Waals surface area (Å²) >= 11 is 0. The van der Waals surface area contributed by atoms with Crippen LogP contribution in [0.1, 0.15) is 11.1 Å². The third-order valence-corrected chi connectivity index (χ3v) is 3.07. The molecule has 2 aromatic carbocycles. The lowest BCUT2D eigenvalue weighted by Gasteiger charge is -2.10. The van der Waals surface area contributed by atoms with Gasteiger partial charge in [0.15, 0.2) is 6.61 Å². The first-order chi connectivity index (χ1) is 10.5. The minimum atomic E-state index is -0.511. The van der Waals surface area contributed by atoms with E-state index in [2.05, 4.69) is 5.32 Å². The van der Waals surface area contributed by atoms with Crippen molar-refractivity contribution < 1.29 is 14.5 Å². The van der Waals surface area contributed by atoms with Gasteiger partial charge in [-0.05, 0) is 37.1 Å². The maximum atomic E-state index is 11.9. The zero-order chi connectivity index (χ0) is 16.1. The molecular weight excluding hydrogens is 284 g/mol. The molecule has 0 unspecified atom stereocenters. The minimum Gasteiger partial charge on any atom is -0.484 e. The highest BCUT2D eigenvalue weighted by Crippen LogP contribution is 2.19. The lowest BCUT2D eigenvalue weighted by atomic mass is 10.1. The lowest BCUT2D eigenvalue weighted by molar-refractivity contribution is -0.384. The monoisotopic (exact) mass is 300 g/mol. The third kappa shape index (κ3) is 4.05. The molecule has 114 valence electrons. The Balaban J connectivity index is 1.97. The number of nitro benzene ring substituents is 1. The molecule has 6 nitrogen and oxygen atoms in total. The highest BCUT2D eigenvalue weighted by Gasteiger charge is 2.09. The summed E-state index contributed by atoms with van der Waals surface area (Å²) in [6.07, 6.45) is 0. The highest BCUT2D eigenvalue weighted by molar-refractivity contribution is 5.92. The van der Waals surface area contributed by atoms with Crippen molar-refractivity contribution in [2.75, 3.05) is 11.9 Å². The summed E-state index contributed by atoms with van der Waals surface area (Å²) in [4.78, 5) is 22.1. The van der Waals surface area contributed by atoms with Crippen LogP contribution in [0.5, 0.6) is 5.75 Å². The van der Waals surface area contributed by atoms with Crippen molar-refractivity contribution in [3.05, 3.63) is 63.7 Å². The van der Waals surface area contributed by atoms with Gasteiger partial charge in [-0.15, -0.1) is 0 Å². The maximum absolute atomic E-state index is 11.9. The van der Waals surface area contributed by atoms with Crippen molar-refractivity contribution in [3.63, 3.8) is 0 Å². The molecule has 0 aliphatic rings. The van der Waals surface area contributed by atoms with Gasteiger partial charge in [0, 0.05) is 11.8 Å². The zero-order valence-electron chi connectivity index (χ0n) is 12.3. The average molecular weight is 300 g/mol. The average Bonchev–Trinajstić information content (AvgIpc) is 2.49. The van der Waals surface area contributed by atoms with E-state index in [9.17, 15) is 14.9 Å². The minimum absolute atomic E-state index is 0.0764. The fourth-order valence-corrected chi connectivity index (χ4v) is 1.89. The predicted octanol–water partition coefficient (Wildman–Crippen LogP) is 3.23. The van der Waals surface area contributed by atoms with Gasteiger partial charge in [0.1, 0.15) is 5.75 Å². The molecule has 0 saturated carbocycles. The number of hydrogen-bond acceptors (Lipinski definition) is 4. The Kier molecular flexibility index (Phi) is 4.73. The van der Waals surface area contributed by atoms with Crippen LogP contribution in [0, 0.1) is 24.0 Å². The Labute approximate surface area is 127 Å². The van der Waals surface area contributed by atoms with Crippen LogP contribution in [0.3, 0.4) is 0 Å². The molecule has 0 aromatic heterocycles. The molecule has 0 fully saturated rings. The Bertz CT molecular complexity index is 713. The van der Waals surface area contributed by atoms with Crippen molar-refractivity contribution >= 4 is 17.3 Å².